The lowest BCUT2D eigenvalue weighted by molar-refractivity contribution is 0.497. The molecule has 1 unspecified atom stereocenters. The molecule has 6 heteroatoms. The zero-order valence-corrected chi connectivity index (χ0v) is 10.8. The Labute approximate surface area is 96.8 Å². The van der Waals surface area contributed by atoms with Crippen LogP contribution in [0.4, 0.5) is 0 Å². The van der Waals surface area contributed by atoms with Crippen LogP contribution in [0.15, 0.2) is 12.4 Å². The second kappa shape index (κ2) is 5.45. The molecule has 0 aliphatic carbocycles. The van der Waals surface area contributed by atoms with Crippen LogP contribution in [0.3, 0.4) is 0 Å². The quantitative estimate of drug-likeness (QED) is 0.793. The van der Waals surface area contributed by atoms with E-state index in [1.165, 1.54) is 6.26 Å². The zero-order valence-electron chi connectivity index (χ0n) is 9.97. The highest BCUT2D eigenvalue weighted by molar-refractivity contribution is 7.90. The van der Waals surface area contributed by atoms with E-state index in [1.807, 2.05) is 24.9 Å². The third-order valence-corrected chi connectivity index (χ3v) is 3.56. The molecule has 1 N–H and O–H groups in total. The lowest BCUT2D eigenvalue weighted by Crippen LogP contribution is -2.21. The molecular weight excluding hydrogens is 226 g/mol. The lowest BCUT2D eigenvalue weighted by Gasteiger charge is -2.15. The third-order valence-electron chi connectivity index (χ3n) is 2.53. The molecule has 1 atom stereocenters. The first-order valence-electron chi connectivity index (χ1n) is 5.26. The van der Waals surface area contributed by atoms with E-state index >= 15 is 0 Å². The number of nitrogens with one attached hydrogen (secondary N) is 1. The van der Waals surface area contributed by atoms with Crippen LogP contribution in [-0.2, 0) is 16.9 Å². The third kappa shape index (κ3) is 3.94. The van der Waals surface area contributed by atoms with Gasteiger partial charge >= 0.3 is 0 Å². The standard InChI is InChI=1S/C10H19N3O2S/c1-11-9(5-4-8-16(3,14)15)10-12-6-7-13(10)2/h6-7,9,11H,4-5,8H2,1-3H3. The predicted molar refractivity (Wildman–Crippen MR) is 64.0 cm³/mol. The summed E-state index contributed by atoms with van der Waals surface area (Å²) in [6.45, 7) is 0. The first kappa shape index (κ1) is 13.2. The summed E-state index contributed by atoms with van der Waals surface area (Å²) < 4.78 is 24.0. The number of sulfone groups is 1. The molecule has 1 rings (SSSR count). The molecule has 5 nitrogen and oxygen atoms in total. The van der Waals surface area contributed by atoms with Gasteiger partial charge in [-0.2, -0.15) is 0 Å². The van der Waals surface area contributed by atoms with E-state index in [0.717, 1.165) is 12.2 Å². The Morgan fingerprint density at radius 1 is 1.56 bits per heavy atom. The van der Waals surface area contributed by atoms with E-state index in [-0.39, 0.29) is 11.8 Å². The van der Waals surface area contributed by atoms with Gasteiger partial charge in [0.15, 0.2) is 0 Å². The SMILES string of the molecule is CNC(CCCS(C)(=O)=O)c1nccn1C. The maximum absolute atomic E-state index is 11.0. The lowest BCUT2D eigenvalue weighted by atomic mass is 10.1. The van der Waals surface area contributed by atoms with Gasteiger partial charge in [0.2, 0.25) is 0 Å². The average Bonchev–Trinajstić information content (AvgIpc) is 2.58. The fraction of sp³-hybridized carbons (Fsp3) is 0.700. The van der Waals surface area contributed by atoms with Crippen LogP contribution in [0.5, 0.6) is 0 Å². The molecule has 0 aliphatic rings. The van der Waals surface area contributed by atoms with Crippen LogP contribution in [0, 0.1) is 0 Å². The molecule has 1 aromatic rings. The van der Waals surface area contributed by atoms with Crippen LogP contribution >= 0.6 is 0 Å². The van der Waals surface area contributed by atoms with Crippen molar-refractivity contribution >= 4 is 9.84 Å². The van der Waals surface area contributed by atoms with Crippen LogP contribution in [0.2, 0.25) is 0 Å². The Kier molecular flexibility index (Phi) is 4.49. The number of aromatic nitrogens is 2. The van der Waals surface area contributed by atoms with Crippen molar-refractivity contribution in [2.45, 2.75) is 18.9 Å². The summed E-state index contributed by atoms with van der Waals surface area (Å²) in [6, 6.07) is 0.113. The highest BCUT2D eigenvalue weighted by Crippen LogP contribution is 2.15. The predicted octanol–water partition coefficient (Wildman–Crippen LogP) is 0.505. The summed E-state index contributed by atoms with van der Waals surface area (Å²) in [7, 11) is 0.933. The normalized spacial score (nSPS) is 13.9. The van der Waals surface area contributed by atoms with Crippen molar-refractivity contribution < 1.29 is 8.42 Å². The largest absolute Gasteiger partial charge is 0.337 e. The Morgan fingerprint density at radius 3 is 2.69 bits per heavy atom. The minimum absolute atomic E-state index is 0.113. The molecule has 1 aromatic heterocycles. The van der Waals surface area contributed by atoms with Gasteiger partial charge in [-0.15, -0.1) is 0 Å². The fourth-order valence-corrected chi connectivity index (χ4v) is 2.36. The van der Waals surface area contributed by atoms with E-state index in [9.17, 15) is 8.42 Å². The Balaban J connectivity index is 2.54. The summed E-state index contributed by atoms with van der Waals surface area (Å²) in [6.07, 6.45) is 6.32. The van der Waals surface area contributed by atoms with Crippen molar-refractivity contribution in [2.24, 2.45) is 7.05 Å². The Morgan fingerprint density at radius 2 is 2.25 bits per heavy atom. The monoisotopic (exact) mass is 245 g/mol. The number of nitrogens with zero attached hydrogens (tertiary/aromatic N) is 2. The van der Waals surface area contributed by atoms with Crippen molar-refractivity contribution in [1.82, 2.24) is 14.9 Å². The Bertz CT molecular complexity index is 425. The van der Waals surface area contributed by atoms with Gasteiger partial charge in [0.05, 0.1) is 6.04 Å². The maximum atomic E-state index is 11.0. The van der Waals surface area contributed by atoms with Gasteiger partial charge in [-0.25, -0.2) is 13.4 Å². The summed E-state index contributed by atoms with van der Waals surface area (Å²) in [5, 5.41) is 3.15. The van der Waals surface area contributed by atoms with Gasteiger partial charge < -0.3 is 9.88 Å². The molecule has 16 heavy (non-hydrogen) atoms. The van der Waals surface area contributed by atoms with Gasteiger partial charge in [-0.1, -0.05) is 0 Å². The molecule has 0 aromatic carbocycles. The number of hydrogen-bond acceptors (Lipinski definition) is 4. The Hall–Kier alpha value is -0.880. The van der Waals surface area contributed by atoms with E-state index in [0.29, 0.717) is 6.42 Å². The molecule has 0 bridgehead atoms. The van der Waals surface area contributed by atoms with E-state index in [1.54, 1.807) is 6.20 Å². The minimum Gasteiger partial charge on any atom is -0.337 e. The van der Waals surface area contributed by atoms with Gasteiger partial charge in [0.25, 0.3) is 0 Å². The van der Waals surface area contributed by atoms with Crippen LogP contribution in [0.25, 0.3) is 0 Å². The van der Waals surface area contributed by atoms with Crippen LogP contribution in [-0.4, -0.2) is 37.0 Å². The minimum atomic E-state index is -2.86. The van der Waals surface area contributed by atoms with E-state index in [4.69, 9.17) is 0 Å². The second-order valence-electron chi connectivity index (χ2n) is 4.01. The molecule has 92 valence electrons. The molecule has 0 saturated carbocycles. The van der Waals surface area contributed by atoms with Crippen LogP contribution < -0.4 is 5.32 Å². The zero-order chi connectivity index (χ0) is 12.2. The van der Waals surface area contributed by atoms with Crippen LogP contribution in [0.1, 0.15) is 24.7 Å². The molecule has 0 saturated heterocycles. The number of imidazole rings is 1. The fourth-order valence-electron chi connectivity index (χ4n) is 1.67. The van der Waals surface area contributed by atoms with Gasteiger partial charge in [0, 0.05) is 31.4 Å². The average molecular weight is 245 g/mol. The summed E-state index contributed by atoms with van der Waals surface area (Å²) >= 11 is 0. The van der Waals surface area contributed by atoms with Crippen molar-refractivity contribution in [3.63, 3.8) is 0 Å². The van der Waals surface area contributed by atoms with E-state index < -0.39 is 9.84 Å². The summed E-state index contributed by atoms with van der Waals surface area (Å²) in [5.41, 5.74) is 0. The molecule has 1 heterocycles. The molecule has 0 spiro atoms. The first-order valence-corrected chi connectivity index (χ1v) is 7.32. The molecule has 0 amide bonds. The van der Waals surface area contributed by atoms with Crippen molar-refractivity contribution in [3.05, 3.63) is 18.2 Å². The van der Waals surface area contributed by atoms with Gasteiger partial charge in [-0.05, 0) is 19.9 Å². The summed E-state index contributed by atoms with van der Waals surface area (Å²) in [5.74, 6) is 1.17. The van der Waals surface area contributed by atoms with E-state index in [2.05, 4.69) is 10.3 Å². The molecular formula is C10H19N3O2S. The summed E-state index contributed by atoms with van der Waals surface area (Å²) in [4.78, 5) is 4.25. The number of aryl methyl sites for hydroxylation is 1. The van der Waals surface area contributed by atoms with Crippen molar-refractivity contribution in [1.29, 1.82) is 0 Å². The van der Waals surface area contributed by atoms with Crippen molar-refractivity contribution in [3.8, 4) is 0 Å². The second-order valence-corrected chi connectivity index (χ2v) is 6.27. The molecule has 0 fully saturated rings. The number of hydrogen-bond donors (Lipinski definition) is 1. The smallest absolute Gasteiger partial charge is 0.147 e. The maximum Gasteiger partial charge on any atom is 0.147 e. The molecule has 0 aliphatic heterocycles. The van der Waals surface area contributed by atoms with Crippen molar-refractivity contribution in [2.75, 3.05) is 19.1 Å². The number of rotatable bonds is 6. The van der Waals surface area contributed by atoms with Gasteiger partial charge in [0.1, 0.15) is 15.7 Å². The molecule has 0 radical (unpaired) electrons. The topological polar surface area (TPSA) is 64.0 Å². The first-order chi connectivity index (χ1) is 7.44. The highest BCUT2D eigenvalue weighted by atomic mass is 32.2. The van der Waals surface area contributed by atoms with Gasteiger partial charge in [-0.3, -0.25) is 0 Å². The highest BCUT2D eigenvalue weighted by Gasteiger charge is 2.14.